The van der Waals surface area contributed by atoms with Gasteiger partial charge in [-0.3, -0.25) is 14.0 Å². The molecule has 0 aliphatic carbocycles. The van der Waals surface area contributed by atoms with Crippen molar-refractivity contribution < 1.29 is 4.79 Å². The Morgan fingerprint density at radius 2 is 2.00 bits per heavy atom. The monoisotopic (exact) mass is 372 g/mol. The van der Waals surface area contributed by atoms with Crippen LogP contribution in [0, 0.1) is 11.8 Å². The summed E-state index contributed by atoms with van der Waals surface area (Å²) in [5.74, 6) is 1.79. The molecule has 0 unspecified atom stereocenters. The molecule has 3 aromatic rings. The van der Waals surface area contributed by atoms with Crippen LogP contribution in [0.15, 0.2) is 22.3 Å². The van der Waals surface area contributed by atoms with Crippen LogP contribution in [0.2, 0.25) is 0 Å². The van der Waals surface area contributed by atoms with Crippen molar-refractivity contribution in [2.75, 3.05) is 13.1 Å². The fourth-order valence-electron chi connectivity index (χ4n) is 4.15. The highest BCUT2D eigenvalue weighted by Crippen LogP contribution is 2.25. The van der Waals surface area contributed by atoms with Crippen molar-refractivity contribution in [1.82, 2.24) is 19.1 Å². The van der Waals surface area contributed by atoms with Crippen LogP contribution < -0.4 is 5.56 Å². The van der Waals surface area contributed by atoms with Gasteiger partial charge in [-0.05, 0) is 35.8 Å². The second-order valence-electron chi connectivity index (χ2n) is 7.51. The summed E-state index contributed by atoms with van der Waals surface area (Å²) >= 11 is 1.61. The van der Waals surface area contributed by atoms with Crippen LogP contribution in [-0.4, -0.2) is 38.1 Å². The molecule has 0 bridgehead atoms. The minimum Gasteiger partial charge on any atom is -0.341 e. The predicted molar refractivity (Wildman–Crippen MR) is 104 cm³/mol. The zero-order chi connectivity index (χ0) is 18.4. The summed E-state index contributed by atoms with van der Waals surface area (Å²) in [6, 6.07) is 3.93. The number of fused-ring (bicyclic) bond motifs is 3. The fourth-order valence-corrected chi connectivity index (χ4v) is 4.96. The maximum Gasteiger partial charge on any atom is 0.291 e. The number of carbonyl (C=O) groups is 1. The Kier molecular flexibility index (Phi) is 4.34. The Morgan fingerprint density at radius 1 is 1.27 bits per heavy atom. The van der Waals surface area contributed by atoms with Crippen molar-refractivity contribution in [3.63, 3.8) is 0 Å². The number of aryl methyl sites for hydroxylation is 1. The Balaban J connectivity index is 1.71. The van der Waals surface area contributed by atoms with E-state index in [0.717, 1.165) is 35.6 Å². The smallest absolute Gasteiger partial charge is 0.291 e. The lowest BCUT2D eigenvalue weighted by Crippen LogP contribution is -2.45. The lowest BCUT2D eigenvalue weighted by atomic mass is 9.92. The number of amides is 1. The van der Waals surface area contributed by atoms with Gasteiger partial charge in [0.15, 0.2) is 0 Å². The molecule has 1 aliphatic rings. The van der Waals surface area contributed by atoms with Gasteiger partial charge in [0, 0.05) is 19.5 Å². The standard InChI is InChI=1S/C19H24N4O2S/c1-4-17-20-22(11-18(24)21-9-12(2)7-13(3)10-21)19(25)15-8-16-14(23(15)17)5-6-26-16/h5-6,8,12-13H,4,7,9-11H2,1-3H3/t12-,13-/m1/s1. The summed E-state index contributed by atoms with van der Waals surface area (Å²) in [5, 5.41) is 6.54. The number of rotatable bonds is 3. The van der Waals surface area contributed by atoms with E-state index in [1.807, 2.05) is 33.7 Å². The lowest BCUT2D eigenvalue weighted by molar-refractivity contribution is -0.134. The third kappa shape index (κ3) is 2.84. The number of nitrogens with zero attached hydrogens (tertiary/aromatic N) is 4. The summed E-state index contributed by atoms with van der Waals surface area (Å²) < 4.78 is 4.35. The Bertz CT molecular complexity index is 1020. The Morgan fingerprint density at radius 3 is 2.69 bits per heavy atom. The van der Waals surface area contributed by atoms with Gasteiger partial charge in [0.1, 0.15) is 17.9 Å². The fraction of sp³-hybridized carbons (Fsp3) is 0.526. The first-order valence-corrected chi connectivity index (χ1v) is 10.1. The molecule has 0 spiro atoms. The number of carbonyl (C=O) groups excluding carboxylic acids is 1. The highest BCUT2D eigenvalue weighted by atomic mass is 32.1. The predicted octanol–water partition coefficient (Wildman–Crippen LogP) is 2.78. The summed E-state index contributed by atoms with van der Waals surface area (Å²) in [7, 11) is 0. The van der Waals surface area contributed by atoms with Gasteiger partial charge in [-0.1, -0.05) is 20.8 Å². The van der Waals surface area contributed by atoms with E-state index in [1.165, 1.54) is 4.68 Å². The molecule has 0 N–H and O–H groups in total. The number of hydrogen-bond acceptors (Lipinski definition) is 4. The van der Waals surface area contributed by atoms with Crippen molar-refractivity contribution in [3.05, 3.63) is 33.7 Å². The maximum atomic E-state index is 12.9. The molecule has 7 heteroatoms. The van der Waals surface area contributed by atoms with Crippen LogP contribution in [-0.2, 0) is 17.8 Å². The summed E-state index contributed by atoms with van der Waals surface area (Å²) in [6.45, 7) is 7.92. The number of hydrogen-bond donors (Lipinski definition) is 0. The molecule has 2 atom stereocenters. The third-order valence-corrected chi connectivity index (χ3v) is 6.05. The van der Waals surface area contributed by atoms with Crippen molar-refractivity contribution >= 4 is 33.0 Å². The largest absolute Gasteiger partial charge is 0.341 e. The SMILES string of the molecule is CCc1nn(CC(=O)N2C[C@H](C)C[C@@H](C)C2)c(=O)c2cc3sccc3n12. The minimum absolute atomic E-state index is 0.0145. The molecule has 0 saturated carbocycles. The lowest BCUT2D eigenvalue weighted by Gasteiger charge is -2.35. The normalized spacial score (nSPS) is 21.0. The van der Waals surface area contributed by atoms with E-state index in [2.05, 4.69) is 18.9 Å². The van der Waals surface area contributed by atoms with Gasteiger partial charge in [-0.25, -0.2) is 4.68 Å². The molecule has 0 radical (unpaired) electrons. The van der Waals surface area contributed by atoms with Crippen LogP contribution >= 0.6 is 11.3 Å². The molecule has 0 aromatic carbocycles. The Labute approximate surface area is 156 Å². The van der Waals surface area contributed by atoms with Crippen LogP contribution in [0.5, 0.6) is 0 Å². The van der Waals surface area contributed by atoms with Crippen LogP contribution in [0.4, 0.5) is 0 Å². The van der Waals surface area contributed by atoms with Gasteiger partial charge in [-0.15, -0.1) is 11.3 Å². The molecular weight excluding hydrogens is 348 g/mol. The number of aromatic nitrogens is 3. The van der Waals surface area contributed by atoms with Crippen molar-refractivity contribution in [2.24, 2.45) is 11.8 Å². The van der Waals surface area contributed by atoms with E-state index < -0.39 is 0 Å². The van der Waals surface area contributed by atoms with Gasteiger partial charge in [0.25, 0.3) is 5.56 Å². The van der Waals surface area contributed by atoms with E-state index >= 15 is 0 Å². The number of piperidine rings is 1. The molecule has 1 amide bonds. The van der Waals surface area contributed by atoms with Crippen LogP contribution in [0.1, 0.15) is 33.0 Å². The first-order chi connectivity index (χ1) is 12.5. The van der Waals surface area contributed by atoms with E-state index in [-0.39, 0.29) is 18.0 Å². The first-order valence-electron chi connectivity index (χ1n) is 9.24. The van der Waals surface area contributed by atoms with Crippen molar-refractivity contribution in [1.29, 1.82) is 0 Å². The van der Waals surface area contributed by atoms with Gasteiger partial charge in [-0.2, -0.15) is 5.10 Å². The first kappa shape index (κ1) is 17.3. The molecule has 3 aromatic heterocycles. The van der Waals surface area contributed by atoms with Gasteiger partial charge >= 0.3 is 0 Å². The molecule has 26 heavy (non-hydrogen) atoms. The quantitative estimate of drug-likeness (QED) is 0.710. The zero-order valence-electron chi connectivity index (χ0n) is 15.4. The van der Waals surface area contributed by atoms with E-state index in [9.17, 15) is 9.59 Å². The number of thiophene rings is 1. The Hall–Kier alpha value is -2.15. The highest BCUT2D eigenvalue weighted by molar-refractivity contribution is 7.17. The zero-order valence-corrected chi connectivity index (χ0v) is 16.3. The maximum absolute atomic E-state index is 12.9. The molecule has 1 saturated heterocycles. The topological polar surface area (TPSA) is 59.6 Å². The molecule has 138 valence electrons. The average molecular weight is 372 g/mol. The van der Waals surface area contributed by atoms with Crippen molar-refractivity contribution in [2.45, 2.75) is 40.2 Å². The second kappa shape index (κ2) is 6.54. The van der Waals surface area contributed by atoms with E-state index in [1.54, 1.807) is 11.3 Å². The molecule has 6 nitrogen and oxygen atoms in total. The second-order valence-corrected chi connectivity index (χ2v) is 8.46. The molecule has 4 rings (SSSR count). The van der Waals surface area contributed by atoms with Gasteiger partial charge < -0.3 is 4.90 Å². The van der Waals surface area contributed by atoms with Gasteiger partial charge in [0.2, 0.25) is 5.91 Å². The number of likely N-dealkylation sites (tertiary alicyclic amines) is 1. The summed E-state index contributed by atoms with van der Waals surface area (Å²) in [6.07, 6.45) is 1.84. The third-order valence-electron chi connectivity index (χ3n) is 5.19. The van der Waals surface area contributed by atoms with Crippen LogP contribution in [0.25, 0.3) is 15.7 Å². The minimum atomic E-state index is -0.197. The highest BCUT2D eigenvalue weighted by Gasteiger charge is 2.26. The molecular formula is C19H24N4O2S. The summed E-state index contributed by atoms with van der Waals surface area (Å²) in [4.78, 5) is 27.6. The molecule has 1 fully saturated rings. The van der Waals surface area contributed by atoms with E-state index in [4.69, 9.17) is 0 Å². The molecule has 1 aliphatic heterocycles. The van der Waals surface area contributed by atoms with Crippen molar-refractivity contribution in [3.8, 4) is 0 Å². The van der Waals surface area contributed by atoms with E-state index in [0.29, 0.717) is 23.8 Å². The summed E-state index contributed by atoms with van der Waals surface area (Å²) in [5.41, 5.74) is 1.42. The van der Waals surface area contributed by atoms with Crippen LogP contribution in [0.3, 0.4) is 0 Å². The van der Waals surface area contributed by atoms with Gasteiger partial charge in [0.05, 0.1) is 10.2 Å². The average Bonchev–Trinajstić information content (AvgIpc) is 3.18. The molecule has 4 heterocycles.